The quantitative estimate of drug-likeness (QED) is 0.891. The Hall–Kier alpha value is -1.88. The predicted molar refractivity (Wildman–Crippen MR) is 106 cm³/mol. The maximum Gasteiger partial charge on any atom is 0.253 e. The van der Waals surface area contributed by atoms with E-state index in [1.54, 1.807) is 0 Å². The summed E-state index contributed by atoms with van der Waals surface area (Å²) < 4.78 is 0. The van der Waals surface area contributed by atoms with Crippen molar-refractivity contribution < 1.29 is 9.59 Å². The molecule has 2 bridgehead atoms. The fourth-order valence-electron chi connectivity index (χ4n) is 5.05. The smallest absolute Gasteiger partial charge is 0.253 e. The summed E-state index contributed by atoms with van der Waals surface area (Å²) in [6.45, 7) is 3.32. The van der Waals surface area contributed by atoms with Gasteiger partial charge in [-0.05, 0) is 57.6 Å². The van der Waals surface area contributed by atoms with E-state index in [-0.39, 0.29) is 17.7 Å². The van der Waals surface area contributed by atoms with Crippen molar-refractivity contribution in [3.05, 3.63) is 35.4 Å². The molecule has 2 amide bonds. The molecule has 0 spiro atoms. The van der Waals surface area contributed by atoms with Gasteiger partial charge in [-0.3, -0.25) is 9.59 Å². The Morgan fingerprint density at radius 1 is 1.07 bits per heavy atom. The zero-order valence-electron chi connectivity index (χ0n) is 16.5. The Labute approximate surface area is 162 Å². The number of fused-ring (bicyclic) bond motifs is 2. The number of nitrogens with one attached hydrogen (secondary N) is 1. The Morgan fingerprint density at radius 3 is 2.41 bits per heavy atom. The highest BCUT2D eigenvalue weighted by Crippen LogP contribution is 2.30. The van der Waals surface area contributed by atoms with Crippen molar-refractivity contribution in [3.63, 3.8) is 0 Å². The van der Waals surface area contributed by atoms with Gasteiger partial charge < -0.3 is 15.1 Å². The van der Waals surface area contributed by atoms with Crippen LogP contribution in [0.1, 0.15) is 54.4 Å². The number of piperidine rings is 2. The van der Waals surface area contributed by atoms with E-state index in [0.29, 0.717) is 24.7 Å². The normalized spacial score (nSPS) is 30.2. The molecule has 3 heterocycles. The van der Waals surface area contributed by atoms with Crippen molar-refractivity contribution in [3.8, 4) is 0 Å². The average Bonchev–Trinajstić information content (AvgIpc) is 3.04. The van der Waals surface area contributed by atoms with E-state index in [9.17, 15) is 9.59 Å². The molecule has 1 aromatic rings. The van der Waals surface area contributed by atoms with Crippen LogP contribution in [-0.2, 0) is 4.79 Å². The lowest BCUT2D eigenvalue weighted by Gasteiger charge is -2.39. The average molecular weight is 370 g/mol. The molecule has 3 unspecified atom stereocenters. The van der Waals surface area contributed by atoms with Gasteiger partial charge in [0.1, 0.15) is 0 Å². The largest absolute Gasteiger partial charge is 0.342 e. The number of carbonyl (C=O) groups is 2. The van der Waals surface area contributed by atoms with E-state index < -0.39 is 0 Å². The first-order valence-electron chi connectivity index (χ1n) is 10.4. The van der Waals surface area contributed by atoms with Crippen molar-refractivity contribution in [2.24, 2.45) is 5.92 Å². The summed E-state index contributed by atoms with van der Waals surface area (Å²) in [6, 6.07) is 9.22. The highest BCUT2D eigenvalue weighted by molar-refractivity contribution is 5.94. The minimum absolute atomic E-state index is 0.0510. The van der Waals surface area contributed by atoms with Gasteiger partial charge in [0.25, 0.3) is 5.91 Å². The lowest BCUT2D eigenvalue weighted by atomic mass is 9.93. The zero-order valence-corrected chi connectivity index (χ0v) is 16.5. The molecular formula is C22H31N3O2. The molecule has 3 aliphatic heterocycles. The van der Waals surface area contributed by atoms with E-state index in [1.807, 2.05) is 48.0 Å². The topological polar surface area (TPSA) is 52.7 Å². The summed E-state index contributed by atoms with van der Waals surface area (Å²) in [6.07, 6.45) is 6.41. The van der Waals surface area contributed by atoms with Gasteiger partial charge in [-0.15, -0.1) is 0 Å². The van der Waals surface area contributed by atoms with Gasteiger partial charge in [0, 0.05) is 43.8 Å². The van der Waals surface area contributed by atoms with Gasteiger partial charge in [0.15, 0.2) is 0 Å². The first-order chi connectivity index (χ1) is 13.0. The van der Waals surface area contributed by atoms with Crippen molar-refractivity contribution in [1.29, 1.82) is 0 Å². The van der Waals surface area contributed by atoms with E-state index in [0.717, 1.165) is 43.4 Å². The third kappa shape index (κ3) is 3.88. The molecule has 27 heavy (non-hydrogen) atoms. The molecule has 0 aliphatic carbocycles. The third-order valence-electron chi connectivity index (χ3n) is 6.70. The molecule has 5 nitrogen and oxygen atoms in total. The lowest BCUT2D eigenvalue weighted by Crippen LogP contribution is -2.52. The number of amides is 2. The van der Waals surface area contributed by atoms with Crippen LogP contribution in [0.3, 0.4) is 0 Å². The summed E-state index contributed by atoms with van der Waals surface area (Å²) in [5, 5.41) is 3.65. The highest BCUT2D eigenvalue weighted by Gasteiger charge is 2.38. The maximum absolute atomic E-state index is 13.1. The fourth-order valence-corrected chi connectivity index (χ4v) is 5.05. The van der Waals surface area contributed by atoms with Crippen molar-refractivity contribution in [2.45, 2.75) is 63.6 Å². The number of hydrogen-bond donors (Lipinski definition) is 1. The molecule has 0 aromatic heterocycles. The Morgan fingerprint density at radius 2 is 1.74 bits per heavy atom. The summed E-state index contributed by atoms with van der Waals surface area (Å²) in [7, 11) is 1.97. The van der Waals surface area contributed by atoms with Gasteiger partial charge in [0.2, 0.25) is 5.91 Å². The van der Waals surface area contributed by atoms with Crippen LogP contribution in [-0.4, -0.2) is 59.9 Å². The number of aryl methyl sites for hydroxylation is 1. The monoisotopic (exact) mass is 369 g/mol. The van der Waals surface area contributed by atoms with Gasteiger partial charge in [-0.1, -0.05) is 17.7 Å². The molecule has 3 aliphatic rings. The van der Waals surface area contributed by atoms with Crippen LogP contribution in [0.4, 0.5) is 0 Å². The summed E-state index contributed by atoms with van der Waals surface area (Å²) in [5.74, 6) is 0.212. The fraction of sp³-hybridized carbons (Fsp3) is 0.636. The number of hydrogen-bond acceptors (Lipinski definition) is 3. The second-order valence-electron chi connectivity index (χ2n) is 8.67. The number of nitrogens with zero attached hydrogens (tertiary/aromatic N) is 2. The van der Waals surface area contributed by atoms with E-state index in [2.05, 4.69) is 5.32 Å². The van der Waals surface area contributed by atoms with Crippen LogP contribution in [0.5, 0.6) is 0 Å². The van der Waals surface area contributed by atoms with Crippen LogP contribution in [0.25, 0.3) is 0 Å². The first kappa shape index (κ1) is 18.5. The zero-order chi connectivity index (χ0) is 19.0. The Bertz CT molecular complexity index is 690. The van der Waals surface area contributed by atoms with Crippen molar-refractivity contribution in [2.75, 3.05) is 20.1 Å². The summed E-state index contributed by atoms with van der Waals surface area (Å²) in [5.41, 5.74) is 1.87. The molecule has 5 heteroatoms. The number of rotatable bonds is 3. The van der Waals surface area contributed by atoms with Crippen LogP contribution in [0, 0.1) is 12.8 Å². The summed E-state index contributed by atoms with van der Waals surface area (Å²) in [4.78, 5) is 29.9. The van der Waals surface area contributed by atoms with E-state index in [1.165, 1.54) is 12.8 Å². The number of likely N-dealkylation sites (tertiary alicyclic amines) is 1. The van der Waals surface area contributed by atoms with Crippen LogP contribution in [0.2, 0.25) is 0 Å². The third-order valence-corrected chi connectivity index (χ3v) is 6.70. The maximum atomic E-state index is 13.1. The number of carbonyl (C=O) groups excluding carboxylic acids is 2. The number of benzene rings is 1. The molecule has 3 saturated heterocycles. The van der Waals surface area contributed by atoms with Gasteiger partial charge in [-0.25, -0.2) is 0 Å². The van der Waals surface area contributed by atoms with Gasteiger partial charge >= 0.3 is 0 Å². The molecule has 146 valence electrons. The molecule has 0 radical (unpaired) electrons. The van der Waals surface area contributed by atoms with Crippen LogP contribution < -0.4 is 5.32 Å². The van der Waals surface area contributed by atoms with Crippen molar-refractivity contribution >= 4 is 11.8 Å². The van der Waals surface area contributed by atoms with Crippen LogP contribution in [0.15, 0.2) is 24.3 Å². The van der Waals surface area contributed by atoms with Crippen molar-refractivity contribution in [1.82, 2.24) is 15.1 Å². The molecule has 4 rings (SSSR count). The molecule has 1 N–H and O–H groups in total. The minimum atomic E-state index is -0.0642. The van der Waals surface area contributed by atoms with E-state index in [4.69, 9.17) is 0 Å². The second-order valence-corrected chi connectivity index (χ2v) is 8.67. The standard InChI is InChI=1S/C22H31N3O2/c1-15-5-7-16(8-6-15)22(27)25-11-3-4-17(14-25)21(26)24(2)20-12-18-9-10-19(13-20)23-18/h5-8,17-20,23H,3-4,9-14H2,1-2H3. The molecular weight excluding hydrogens is 338 g/mol. The Balaban J connectivity index is 1.39. The SMILES string of the molecule is Cc1ccc(C(=O)N2CCCC(C(=O)N(C)C3CC4CCC(C3)N4)C2)cc1. The van der Waals surface area contributed by atoms with Gasteiger partial charge in [0.05, 0.1) is 5.92 Å². The minimum Gasteiger partial charge on any atom is -0.342 e. The molecule has 1 aromatic carbocycles. The first-order valence-corrected chi connectivity index (χ1v) is 10.4. The van der Waals surface area contributed by atoms with Gasteiger partial charge in [-0.2, -0.15) is 0 Å². The predicted octanol–water partition coefficient (Wildman–Crippen LogP) is 2.59. The molecule has 3 fully saturated rings. The lowest BCUT2D eigenvalue weighted by molar-refractivity contribution is -0.138. The molecule has 3 atom stereocenters. The Kier molecular flexibility index (Phi) is 5.22. The molecule has 0 saturated carbocycles. The highest BCUT2D eigenvalue weighted by atomic mass is 16.2. The summed E-state index contributed by atoms with van der Waals surface area (Å²) >= 11 is 0. The van der Waals surface area contributed by atoms with E-state index >= 15 is 0 Å². The second kappa shape index (κ2) is 7.63. The van der Waals surface area contributed by atoms with Crippen LogP contribution >= 0.6 is 0 Å².